The monoisotopic (exact) mass is 471 g/mol. The summed E-state index contributed by atoms with van der Waals surface area (Å²) in [6.45, 7) is 0.452. The lowest BCUT2D eigenvalue weighted by Crippen LogP contribution is -2.37. The summed E-state index contributed by atoms with van der Waals surface area (Å²) in [6, 6.07) is 8.11. The highest BCUT2D eigenvalue weighted by molar-refractivity contribution is 6.05. The number of ether oxygens (including phenoxy) is 2. The van der Waals surface area contributed by atoms with Crippen LogP contribution in [0.4, 0.5) is 14.5 Å². The van der Waals surface area contributed by atoms with Crippen molar-refractivity contribution in [3.8, 4) is 5.88 Å². The van der Waals surface area contributed by atoms with Crippen molar-refractivity contribution in [3.63, 3.8) is 0 Å². The third-order valence-corrected chi connectivity index (χ3v) is 6.12. The molecule has 3 aromatic heterocycles. The number of nitrogens with zero attached hydrogens (tertiary/aromatic N) is 3. The van der Waals surface area contributed by atoms with E-state index in [2.05, 4.69) is 25.3 Å². The molecular weight excluding hydrogens is 448 g/mol. The molecule has 0 saturated carbocycles. The summed E-state index contributed by atoms with van der Waals surface area (Å²) < 4.78 is 37.9. The Bertz CT molecular complexity index is 1260. The molecule has 2 N–H and O–H groups in total. The largest absolute Gasteiger partial charge is 0.415 e. The number of amides is 2. The molecule has 5 heterocycles. The van der Waals surface area contributed by atoms with Crippen LogP contribution in [-0.4, -0.2) is 52.7 Å². The lowest BCUT2D eigenvalue weighted by atomic mass is 9.96. The zero-order chi connectivity index (χ0) is 23.8. The molecule has 0 aliphatic carbocycles. The summed E-state index contributed by atoms with van der Waals surface area (Å²) >= 11 is 0. The van der Waals surface area contributed by atoms with Crippen molar-refractivity contribution in [1.82, 2.24) is 19.9 Å². The number of hydrogen-bond donors (Lipinski definition) is 2. The van der Waals surface area contributed by atoms with Gasteiger partial charge in [-0.05, 0) is 50.1 Å². The molecule has 0 radical (unpaired) electrons. The van der Waals surface area contributed by atoms with Gasteiger partial charge >= 0.3 is 6.61 Å². The van der Waals surface area contributed by atoms with Crippen molar-refractivity contribution in [1.29, 1.82) is 0 Å². The van der Waals surface area contributed by atoms with Gasteiger partial charge in [-0.25, -0.2) is 9.97 Å². The van der Waals surface area contributed by atoms with Gasteiger partial charge in [0.2, 0.25) is 5.88 Å². The fourth-order valence-corrected chi connectivity index (χ4v) is 4.40. The molecule has 3 aromatic rings. The molecule has 2 amide bonds. The Hall–Kier alpha value is -3.60. The van der Waals surface area contributed by atoms with E-state index in [9.17, 15) is 18.4 Å². The third kappa shape index (κ3) is 4.18. The first-order valence-electron chi connectivity index (χ1n) is 11.1. The van der Waals surface area contributed by atoms with Crippen molar-refractivity contribution in [2.75, 3.05) is 25.1 Å². The molecule has 0 aromatic carbocycles. The molecule has 0 bridgehead atoms. The second-order valence-corrected chi connectivity index (χ2v) is 8.38. The van der Waals surface area contributed by atoms with Gasteiger partial charge in [-0.15, -0.1) is 0 Å². The highest BCUT2D eigenvalue weighted by Crippen LogP contribution is 2.32. The van der Waals surface area contributed by atoms with Gasteiger partial charge in [-0.2, -0.15) is 8.78 Å². The zero-order valence-corrected chi connectivity index (χ0v) is 18.4. The molecular formula is C23H23F2N5O4. The molecule has 2 aliphatic rings. The summed E-state index contributed by atoms with van der Waals surface area (Å²) in [5, 5.41) is 6.12. The van der Waals surface area contributed by atoms with E-state index in [0.717, 1.165) is 18.2 Å². The number of fused-ring (bicyclic) bond motifs is 3. The van der Waals surface area contributed by atoms with Gasteiger partial charge in [0.15, 0.2) is 0 Å². The third-order valence-electron chi connectivity index (χ3n) is 6.12. The first kappa shape index (κ1) is 22.2. The average molecular weight is 471 g/mol. The van der Waals surface area contributed by atoms with E-state index in [1.807, 2.05) is 6.92 Å². The molecule has 9 nitrogen and oxygen atoms in total. The van der Waals surface area contributed by atoms with Gasteiger partial charge in [0.1, 0.15) is 22.7 Å². The van der Waals surface area contributed by atoms with Gasteiger partial charge in [-0.3, -0.25) is 9.59 Å². The van der Waals surface area contributed by atoms with E-state index in [-0.39, 0.29) is 35.1 Å². The van der Waals surface area contributed by atoms with E-state index in [0.29, 0.717) is 36.8 Å². The van der Waals surface area contributed by atoms with Crippen LogP contribution in [0.2, 0.25) is 0 Å². The minimum Gasteiger partial charge on any atom is -0.415 e. The lowest BCUT2D eigenvalue weighted by molar-refractivity contribution is -0.0525. The second-order valence-electron chi connectivity index (χ2n) is 8.38. The number of nitrogens with one attached hydrogen (secondary N) is 2. The summed E-state index contributed by atoms with van der Waals surface area (Å²) in [4.78, 5) is 33.9. The fourth-order valence-electron chi connectivity index (χ4n) is 4.40. The molecule has 34 heavy (non-hydrogen) atoms. The van der Waals surface area contributed by atoms with Crippen molar-refractivity contribution in [3.05, 3.63) is 47.4 Å². The van der Waals surface area contributed by atoms with Gasteiger partial charge < -0.3 is 24.7 Å². The average Bonchev–Trinajstić information content (AvgIpc) is 3.23. The Labute approximate surface area is 193 Å². The molecule has 178 valence electrons. The van der Waals surface area contributed by atoms with Crippen molar-refractivity contribution in [2.24, 2.45) is 0 Å². The number of pyridine rings is 2. The van der Waals surface area contributed by atoms with Crippen LogP contribution in [0.5, 0.6) is 5.88 Å². The number of anilines is 1. The summed E-state index contributed by atoms with van der Waals surface area (Å²) in [5.74, 6) is -1.09. The predicted molar refractivity (Wildman–Crippen MR) is 118 cm³/mol. The first-order valence-corrected chi connectivity index (χ1v) is 11.1. The standard InChI is InChI=1S/C23H23F2N5O4/c1-12-11-26-21(32)18-10-14-2-3-16(27-19(14)30(12)18)20(31)28-17-5-4-15(13-6-8-33-9-7-13)29-22(17)34-23(24)25/h2-5,10,12-13,23H,6-9,11H2,1H3,(H,26,32)(H,28,31)/t12-/m1/s1. The normalized spacial score (nSPS) is 18.6. The van der Waals surface area contributed by atoms with Gasteiger partial charge in [0.05, 0.1) is 6.04 Å². The van der Waals surface area contributed by atoms with E-state index in [1.165, 1.54) is 12.1 Å². The van der Waals surface area contributed by atoms with E-state index >= 15 is 0 Å². The predicted octanol–water partition coefficient (Wildman–Crippen LogP) is 3.48. The Kier molecular flexibility index (Phi) is 5.86. The van der Waals surface area contributed by atoms with Crippen LogP contribution in [-0.2, 0) is 4.74 Å². The number of aromatic nitrogens is 3. The quantitative estimate of drug-likeness (QED) is 0.590. The SMILES string of the molecule is C[C@@H]1CNC(=O)c2cc3ccc(C(=O)Nc4ccc(C5CCOCC5)nc4OC(F)F)nc3n21. The molecule has 2 aliphatic heterocycles. The zero-order valence-electron chi connectivity index (χ0n) is 18.4. The summed E-state index contributed by atoms with van der Waals surface area (Å²) in [6.07, 6.45) is 1.46. The van der Waals surface area contributed by atoms with Gasteiger partial charge in [0, 0.05) is 36.8 Å². The molecule has 1 atom stereocenters. The molecule has 1 fully saturated rings. The highest BCUT2D eigenvalue weighted by atomic mass is 19.3. The Morgan fingerprint density at radius 1 is 1.24 bits per heavy atom. The summed E-state index contributed by atoms with van der Waals surface area (Å²) in [5.41, 5.74) is 1.68. The fraction of sp³-hybridized carbons (Fsp3) is 0.391. The van der Waals surface area contributed by atoms with E-state index in [1.54, 1.807) is 22.8 Å². The Morgan fingerprint density at radius 2 is 2.03 bits per heavy atom. The highest BCUT2D eigenvalue weighted by Gasteiger charge is 2.26. The minimum absolute atomic E-state index is 0.0212. The number of rotatable bonds is 5. The van der Waals surface area contributed by atoms with E-state index in [4.69, 9.17) is 4.74 Å². The van der Waals surface area contributed by atoms with Crippen molar-refractivity contribution >= 4 is 28.5 Å². The number of hydrogen-bond acceptors (Lipinski definition) is 6. The number of carbonyl (C=O) groups is 2. The van der Waals surface area contributed by atoms with Crippen LogP contribution in [0.15, 0.2) is 30.3 Å². The lowest BCUT2D eigenvalue weighted by Gasteiger charge is -2.23. The molecule has 1 saturated heterocycles. The van der Waals surface area contributed by atoms with Crippen LogP contribution in [0.1, 0.15) is 58.4 Å². The number of halogens is 2. The molecule has 0 spiro atoms. The van der Waals surface area contributed by atoms with Crippen LogP contribution < -0.4 is 15.4 Å². The van der Waals surface area contributed by atoms with Crippen LogP contribution in [0.25, 0.3) is 11.0 Å². The van der Waals surface area contributed by atoms with Crippen molar-refractivity contribution in [2.45, 2.75) is 38.3 Å². The van der Waals surface area contributed by atoms with Gasteiger partial charge in [0.25, 0.3) is 11.8 Å². The summed E-state index contributed by atoms with van der Waals surface area (Å²) in [7, 11) is 0. The van der Waals surface area contributed by atoms with Gasteiger partial charge in [-0.1, -0.05) is 0 Å². The number of alkyl halides is 2. The van der Waals surface area contributed by atoms with E-state index < -0.39 is 12.5 Å². The topological polar surface area (TPSA) is 107 Å². The Balaban J connectivity index is 1.44. The Morgan fingerprint density at radius 3 is 2.79 bits per heavy atom. The molecule has 11 heteroatoms. The molecule has 5 rings (SSSR count). The first-order chi connectivity index (χ1) is 16.4. The maximum absolute atomic E-state index is 13.1. The van der Waals surface area contributed by atoms with Crippen LogP contribution >= 0.6 is 0 Å². The smallest absolute Gasteiger partial charge is 0.388 e. The van der Waals surface area contributed by atoms with Crippen molar-refractivity contribution < 1.29 is 27.8 Å². The van der Waals surface area contributed by atoms with Crippen LogP contribution in [0.3, 0.4) is 0 Å². The van der Waals surface area contributed by atoms with Crippen LogP contribution in [0, 0.1) is 0 Å². The minimum atomic E-state index is -3.09. The maximum atomic E-state index is 13.1. The molecule has 0 unspecified atom stereocenters. The second kappa shape index (κ2) is 8.98. The maximum Gasteiger partial charge on any atom is 0.388 e. The number of carbonyl (C=O) groups excluding carboxylic acids is 2.